The molecule has 0 spiro atoms. The van der Waals surface area contributed by atoms with Crippen molar-refractivity contribution >= 4 is 24.7 Å². The Hall–Kier alpha value is -0.863. The molecular weight excluding hydrogens is 312 g/mol. The second-order valence-corrected chi connectivity index (χ2v) is 10.5. The molecule has 19 heavy (non-hydrogen) atoms. The number of hydrogen-bond donors (Lipinski definition) is 0. The molecular formula is C17H19BrSi. The van der Waals surface area contributed by atoms with Gasteiger partial charge in [0.25, 0.3) is 0 Å². The molecule has 0 fully saturated rings. The van der Waals surface area contributed by atoms with Gasteiger partial charge in [-0.05, 0) is 28.7 Å². The van der Waals surface area contributed by atoms with Gasteiger partial charge in [-0.2, -0.15) is 0 Å². The van der Waals surface area contributed by atoms with Crippen LogP contribution >= 0.6 is 15.9 Å². The number of halogens is 1. The molecule has 3 rings (SSSR count). The lowest BCUT2D eigenvalue weighted by Gasteiger charge is -2.26. The Kier molecular flexibility index (Phi) is 3.40. The van der Waals surface area contributed by atoms with Crippen molar-refractivity contribution in [2.45, 2.75) is 29.9 Å². The van der Waals surface area contributed by atoms with Gasteiger partial charge in [0.15, 0.2) is 0 Å². The lowest BCUT2D eigenvalue weighted by atomic mass is 9.94. The fourth-order valence-corrected chi connectivity index (χ4v) is 5.38. The standard InChI is InChI=1S/C17H19BrSi/c1-19(2)12-11-17(18)15-9-5-3-7-13(15)14-8-4-6-10-16(14)17/h3-10,19H,11-12H2,1-2H3. The van der Waals surface area contributed by atoms with Crippen LogP contribution in [0.1, 0.15) is 17.5 Å². The van der Waals surface area contributed by atoms with Crippen molar-refractivity contribution in [1.82, 2.24) is 0 Å². The third kappa shape index (κ3) is 2.11. The Morgan fingerprint density at radius 3 is 1.84 bits per heavy atom. The van der Waals surface area contributed by atoms with E-state index in [2.05, 4.69) is 77.6 Å². The smallest absolute Gasteiger partial charge is 0.0748 e. The summed E-state index contributed by atoms with van der Waals surface area (Å²) in [6, 6.07) is 19.1. The molecule has 0 atom stereocenters. The maximum absolute atomic E-state index is 4.09. The highest BCUT2D eigenvalue weighted by molar-refractivity contribution is 9.09. The van der Waals surface area contributed by atoms with Crippen LogP contribution in [0, 0.1) is 0 Å². The average Bonchev–Trinajstić information content (AvgIpc) is 2.69. The van der Waals surface area contributed by atoms with Crippen LogP contribution in [0.3, 0.4) is 0 Å². The second kappa shape index (κ2) is 4.91. The van der Waals surface area contributed by atoms with E-state index in [1.807, 2.05) is 0 Å². The summed E-state index contributed by atoms with van der Waals surface area (Å²) in [6.07, 6.45) is 1.21. The van der Waals surface area contributed by atoms with Crippen molar-refractivity contribution in [3.05, 3.63) is 59.7 Å². The van der Waals surface area contributed by atoms with Crippen molar-refractivity contribution in [3.63, 3.8) is 0 Å². The summed E-state index contributed by atoms with van der Waals surface area (Å²) >= 11 is 4.09. The van der Waals surface area contributed by atoms with E-state index in [-0.39, 0.29) is 4.32 Å². The molecule has 0 aliphatic heterocycles. The maximum atomic E-state index is 4.09. The molecule has 0 amide bonds. The van der Waals surface area contributed by atoms with Crippen molar-refractivity contribution < 1.29 is 0 Å². The number of alkyl halides is 1. The van der Waals surface area contributed by atoms with E-state index in [9.17, 15) is 0 Å². The second-order valence-electron chi connectivity index (χ2n) is 5.82. The molecule has 0 nitrogen and oxygen atoms in total. The van der Waals surface area contributed by atoms with E-state index in [0.717, 1.165) is 0 Å². The maximum Gasteiger partial charge on any atom is 0.0763 e. The predicted molar refractivity (Wildman–Crippen MR) is 89.9 cm³/mol. The van der Waals surface area contributed by atoms with E-state index < -0.39 is 8.80 Å². The van der Waals surface area contributed by atoms with Crippen molar-refractivity contribution in [1.29, 1.82) is 0 Å². The zero-order valence-electron chi connectivity index (χ0n) is 11.5. The molecule has 2 aromatic rings. The summed E-state index contributed by atoms with van der Waals surface area (Å²) in [5.74, 6) is 0. The number of benzene rings is 2. The highest BCUT2D eigenvalue weighted by atomic mass is 79.9. The Morgan fingerprint density at radius 2 is 1.37 bits per heavy atom. The van der Waals surface area contributed by atoms with Crippen LogP contribution in [0.5, 0.6) is 0 Å². The van der Waals surface area contributed by atoms with E-state index in [4.69, 9.17) is 0 Å². The van der Waals surface area contributed by atoms with Gasteiger partial charge in [0.2, 0.25) is 0 Å². The SMILES string of the molecule is C[SiH](C)CCC1(Br)c2ccccc2-c2ccccc21. The topological polar surface area (TPSA) is 0 Å². The molecule has 1 aliphatic carbocycles. The molecule has 0 bridgehead atoms. The van der Waals surface area contributed by atoms with Gasteiger partial charge >= 0.3 is 0 Å². The molecule has 0 aromatic heterocycles. The van der Waals surface area contributed by atoms with Crippen molar-refractivity contribution in [2.24, 2.45) is 0 Å². The lowest BCUT2D eigenvalue weighted by Crippen LogP contribution is -2.18. The molecule has 2 heteroatoms. The molecule has 0 N–H and O–H groups in total. The van der Waals surface area contributed by atoms with Crippen LogP contribution in [-0.2, 0) is 4.32 Å². The summed E-state index contributed by atoms with van der Waals surface area (Å²) in [5.41, 5.74) is 5.71. The van der Waals surface area contributed by atoms with E-state index in [1.54, 1.807) is 0 Å². The third-order valence-corrected chi connectivity index (χ3v) is 6.76. The largest absolute Gasteiger partial charge is 0.0763 e. The van der Waals surface area contributed by atoms with Crippen LogP contribution in [0.4, 0.5) is 0 Å². The van der Waals surface area contributed by atoms with Gasteiger partial charge in [-0.3, -0.25) is 0 Å². The monoisotopic (exact) mass is 330 g/mol. The van der Waals surface area contributed by atoms with Crippen LogP contribution in [-0.4, -0.2) is 8.80 Å². The quantitative estimate of drug-likeness (QED) is 0.537. The van der Waals surface area contributed by atoms with Crippen LogP contribution < -0.4 is 0 Å². The van der Waals surface area contributed by atoms with Crippen LogP contribution in [0.15, 0.2) is 48.5 Å². The number of fused-ring (bicyclic) bond motifs is 3. The Morgan fingerprint density at radius 1 is 0.895 bits per heavy atom. The summed E-state index contributed by atoms with van der Waals surface area (Å²) in [7, 11) is -0.529. The summed E-state index contributed by atoms with van der Waals surface area (Å²) in [4.78, 5) is 0. The number of hydrogen-bond acceptors (Lipinski definition) is 0. The fraction of sp³-hybridized carbons (Fsp3) is 0.294. The first kappa shape index (κ1) is 13.1. The fourth-order valence-electron chi connectivity index (χ4n) is 3.03. The summed E-state index contributed by atoms with van der Waals surface area (Å²) in [5, 5.41) is 0. The normalized spacial score (nSPS) is 15.4. The highest BCUT2D eigenvalue weighted by Gasteiger charge is 2.40. The number of rotatable bonds is 3. The zero-order valence-corrected chi connectivity index (χ0v) is 14.2. The molecule has 2 aromatic carbocycles. The molecule has 1 aliphatic rings. The van der Waals surface area contributed by atoms with Crippen molar-refractivity contribution in [2.75, 3.05) is 0 Å². The van der Waals surface area contributed by atoms with Crippen LogP contribution in [0.25, 0.3) is 11.1 Å². The van der Waals surface area contributed by atoms with Crippen LogP contribution in [0.2, 0.25) is 19.1 Å². The van der Waals surface area contributed by atoms with Crippen molar-refractivity contribution in [3.8, 4) is 11.1 Å². The Balaban J connectivity index is 2.14. The van der Waals surface area contributed by atoms with Gasteiger partial charge in [0.1, 0.15) is 0 Å². The molecule has 98 valence electrons. The van der Waals surface area contributed by atoms with E-state index >= 15 is 0 Å². The Labute approximate surface area is 125 Å². The molecule has 0 unspecified atom stereocenters. The van der Waals surface area contributed by atoms with Gasteiger partial charge < -0.3 is 0 Å². The average molecular weight is 331 g/mol. The minimum atomic E-state index is -0.529. The predicted octanol–water partition coefficient (Wildman–Crippen LogP) is 5.18. The zero-order chi connectivity index (χ0) is 13.5. The Bertz CT molecular complexity index is 558. The summed E-state index contributed by atoms with van der Waals surface area (Å²) in [6.45, 7) is 4.87. The summed E-state index contributed by atoms with van der Waals surface area (Å²) < 4.78 is 0.0391. The molecule has 0 heterocycles. The van der Waals surface area contributed by atoms with Gasteiger partial charge in [0.05, 0.1) is 4.32 Å². The molecule has 0 saturated heterocycles. The van der Waals surface area contributed by atoms with E-state index in [0.29, 0.717) is 0 Å². The van der Waals surface area contributed by atoms with Gasteiger partial charge in [-0.15, -0.1) is 0 Å². The molecule has 0 radical (unpaired) electrons. The van der Waals surface area contributed by atoms with Gasteiger partial charge in [-0.1, -0.05) is 83.6 Å². The lowest BCUT2D eigenvalue weighted by molar-refractivity contribution is 0.739. The highest BCUT2D eigenvalue weighted by Crippen LogP contribution is 2.54. The first-order valence-electron chi connectivity index (χ1n) is 7.01. The first-order chi connectivity index (χ1) is 9.13. The van der Waals surface area contributed by atoms with Gasteiger partial charge in [-0.25, -0.2) is 0 Å². The minimum Gasteiger partial charge on any atom is -0.0748 e. The minimum absolute atomic E-state index is 0.0391. The first-order valence-corrected chi connectivity index (χ1v) is 10.9. The van der Waals surface area contributed by atoms with Gasteiger partial charge in [0, 0.05) is 8.80 Å². The van der Waals surface area contributed by atoms with E-state index in [1.165, 1.54) is 34.7 Å². The molecule has 0 saturated carbocycles. The third-order valence-electron chi connectivity index (χ3n) is 4.06.